The minimum Gasteiger partial charge on any atom is -0.326 e. The molecule has 1 aromatic rings. The van der Waals surface area contributed by atoms with Gasteiger partial charge in [-0.05, 0) is 30.7 Å². The van der Waals surface area contributed by atoms with Gasteiger partial charge < -0.3 is 5.32 Å². The highest BCUT2D eigenvalue weighted by molar-refractivity contribution is 9.10. The number of halogens is 1. The van der Waals surface area contributed by atoms with Gasteiger partial charge in [0.1, 0.15) is 0 Å². The van der Waals surface area contributed by atoms with Crippen molar-refractivity contribution in [1.29, 1.82) is 0 Å². The van der Waals surface area contributed by atoms with Crippen LogP contribution in [0.15, 0.2) is 22.7 Å². The average molecular weight is 242 g/mol. The van der Waals surface area contributed by atoms with Gasteiger partial charge in [0.15, 0.2) is 0 Å². The summed E-state index contributed by atoms with van der Waals surface area (Å²) in [5, 5.41) is 2.80. The number of carbonyl (C=O) groups is 1. The molecular weight excluding hydrogens is 230 g/mol. The minimum atomic E-state index is 0.0394. The van der Waals surface area contributed by atoms with Crippen LogP contribution >= 0.6 is 15.9 Å². The standard InChI is InChI=1S/C10H12BrNO/c1-3-10(13)12-9-5-7(2)4-8(11)6-9/h4-6H,3H2,1-2H3,(H,12,13). The smallest absolute Gasteiger partial charge is 0.224 e. The first-order chi connectivity index (χ1) is 6.11. The fraction of sp³-hybridized carbons (Fsp3) is 0.300. The van der Waals surface area contributed by atoms with Crippen LogP contribution in [0.5, 0.6) is 0 Å². The third-order valence-electron chi connectivity index (χ3n) is 1.65. The number of hydrogen-bond donors (Lipinski definition) is 1. The van der Waals surface area contributed by atoms with Crippen molar-refractivity contribution >= 4 is 27.5 Å². The van der Waals surface area contributed by atoms with Gasteiger partial charge in [0.2, 0.25) is 5.91 Å². The molecule has 0 heterocycles. The molecule has 0 radical (unpaired) electrons. The minimum absolute atomic E-state index is 0.0394. The highest BCUT2D eigenvalue weighted by Gasteiger charge is 2.00. The lowest BCUT2D eigenvalue weighted by atomic mass is 10.2. The van der Waals surface area contributed by atoms with Crippen LogP contribution in [0, 0.1) is 6.92 Å². The van der Waals surface area contributed by atoms with Gasteiger partial charge in [0, 0.05) is 16.6 Å². The summed E-state index contributed by atoms with van der Waals surface area (Å²) in [6.45, 7) is 3.83. The quantitative estimate of drug-likeness (QED) is 0.848. The largest absolute Gasteiger partial charge is 0.326 e. The van der Waals surface area contributed by atoms with E-state index in [-0.39, 0.29) is 5.91 Å². The van der Waals surface area contributed by atoms with Crippen molar-refractivity contribution in [3.8, 4) is 0 Å². The zero-order valence-electron chi connectivity index (χ0n) is 7.73. The van der Waals surface area contributed by atoms with E-state index in [4.69, 9.17) is 0 Å². The molecule has 1 N–H and O–H groups in total. The van der Waals surface area contributed by atoms with Crippen LogP contribution < -0.4 is 5.32 Å². The van der Waals surface area contributed by atoms with E-state index >= 15 is 0 Å². The van der Waals surface area contributed by atoms with E-state index in [1.54, 1.807) is 0 Å². The van der Waals surface area contributed by atoms with Gasteiger partial charge in [0.05, 0.1) is 0 Å². The van der Waals surface area contributed by atoms with Crippen molar-refractivity contribution in [2.75, 3.05) is 5.32 Å². The first-order valence-corrected chi connectivity index (χ1v) is 4.98. The molecule has 0 saturated carbocycles. The normalized spacial score (nSPS) is 9.77. The second kappa shape index (κ2) is 4.42. The monoisotopic (exact) mass is 241 g/mol. The molecule has 0 spiro atoms. The highest BCUT2D eigenvalue weighted by atomic mass is 79.9. The molecule has 0 aromatic heterocycles. The molecule has 13 heavy (non-hydrogen) atoms. The lowest BCUT2D eigenvalue weighted by Crippen LogP contribution is -2.09. The van der Waals surface area contributed by atoms with Crippen LogP contribution in [0.1, 0.15) is 18.9 Å². The van der Waals surface area contributed by atoms with Gasteiger partial charge in [-0.1, -0.05) is 22.9 Å². The van der Waals surface area contributed by atoms with E-state index in [1.165, 1.54) is 0 Å². The molecule has 0 aliphatic rings. The van der Waals surface area contributed by atoms with Crippen molar-refractivity contribution in [3.05, 3.63) is 28.2 Å². The van der Waals surface area contributed by atoms with Gasteiger partial charge in [-0.25, -0.2) is 0 Å². The number of carbonyl (C=O) groups excluding carboxylic acids is 1. The summed E-state index contributed by atoms with van der Waals surface area (Å²) >= 11 is 3.37. The summed E-state index contributed by atoms with van der Waals surface area (Å²) in [6, 6.07) is 5.83. The lowest BCUT2D eigenvalue weighted by molar-refractivity contribution is -0.115. The summed E-state index contributed by atoms with van der Waals surface area (Å²) in [7, 11) is 0. The van der Waals surface area contributed by atoms with Gasteiger partial charge >= 0.3 is 0 Å². The molecule has 0 fully saturated rings. The Hall–Kier alpha value is -0.830. The molecule has 0 atom stereocenters. The summed E-state index contributed by atoms with van der Waals surface area (Å²) in [5.41, 5.74) is 1.97. The van der Waals surface area contributed by atoms with Gasteiger partial charge in [-0.15, -0.1) is 0 Å². The number of benzene rings is 1. The average Bonchev–Trinajstić information content (AvgIpc) is 2.02. The number of anilines is 1. The SMILES string of the molecule is CCC(=O)Nc1cc(C)cc(Br)c1. The second-order valence-corrected chi connectivity index (χ2v) is 3.83. The van der Waals surface area contributed by atoms with E-state index in [0.29, 0.717) is 6.42 Å². The molecule has 1 aromatic carbocycles. The number of nitrogens with one attached hydrogen (secondary N) is 1. The molecule has 2 nitrogen and oxygen atoms in total. The van der Waals surface area contributed by atoms with Gasteiger partial charge in [-0.3, -0.25) is 4.79 Å². The van der Waals surface area contributed by atoms with Crippen molar-refractivity contribution < 1.29 is 4.79 Å². The zero-order chi connectivity index (χ0) is 9.84. The molecule has 1 rings (SSSR count). The molecule has 0 bridgehead atoms. The molecule has 0 aliphatic heterocycles. The maximum Gasteiger partial charge on any atom is 0.224 e. The van der Waals surface area contributed by atoms with Crippen LogP contribution in [-0.2, 0) is 4.79 Å². The van der Waals surface area contributed by atoms with Crippen molar-refractivity contribution in [2.24, 2.45) is 0 Å². The molecule has 70 valence electrons. The molecule has 3 heteroatoms. The van der Waals surface area contributed by atoms with Crippen LogP contribution in [0.3, 0.4) is 0 Å². The Kier molecular flexibility index (Phi) is 3.48. The zero-order valence-corrected chi connectivity index (χ0v) is 9.31. The second-order valence-electron chi connectivity index (χ2n) is 2.92. The number of hydrogen-bond acceptors (Lipinski definition) is 1. The van der Waals surface area contributed by atoms with Crippen LogP contribution in [0.4, 0.5) is 5.69 Å². The van der Waals surface area contributed by atoms with E-state index in [2.05, 4.69) is 21.2 Å². The molecular formula is C10H12BrNO. The van der Waals surface area contributed by atoms with Crippen LogP contribution in [-0.4, -0.2) is 5.91 Å². The fourth-order valence-corrected chi connectivity index (χ4v) is 1.67. The topological polar surface area (TPSA) is 29.1 Å². The molecule has 0 unspecified atom stereocenters. The third-order valence-corrected chi connectivity index (χ3v) is 2.10. The first kappa shape index (κ1) is 10.3. The first-order valence-electron chi connectivity index (χ1n) is 4.19. The number of aryl methyl sites for hydroxylation is 1. The predicted octanol–water partition coefficient (Wildman–Crippen LogP) is 3.11. The summed E-state index contributed by atoms with van der Waals surface area (Å²) in [5.74, 6) is 0.0394. The Balaban J connectivity index is 2.83. The van der Waals surface area contributed by atoms with E-state index in [9.17, 15) is 4.79 Å². The van der Waals surface area contributed by atoms with Gasteiger partial charge in [-0.2, -0.15) is 0 Å². The Morgan fingerprint density at radius 2 is 2.15 bits per heavy atom. The van der Waals surface area contributed by atoms with Gasteiger partial charge in [0.25, 0.3) is 0 Å². The summed E-state index contributed by atoms with van der Waals surface area (Å²) < 4.78 is 0.985. The van der Waals surface area contributed by atoms with Crippen LogP contribution in [0.2, 0.25) is 0 Å². The molecule has 0 aliphatic carbocycles. The maximum absolute atomic E-state index is 11.1. The highest BCUT2D eigenvalue weighted by Crippen LogP contribution is 2.18. The predicted molar refractivity (Wildman–Crippen MR) is 57.8 cm³/mol. The van der Waals surface area contributed by atoms with E-state index in [0.717, 1.165) is 15.7 Å². The third kappa shape index (κ3) is 3.19. The maximum atomic E-state index is 11.1. The van der Waals surface area contributed by atoms with Crippen LogP contribution in [0.25, 0.3) is 0 Å². The Bertz CT molecular complexity index is 302. The summed E-state index contributed by atoms with van der Waals surface area (Å²) in [6.07, 6.45) is 0.506. The fourth-order valence-electron chi connectivity index (χ4n) is 1.06. The van der Waals surface area contributed by atoms with E-state index < -0.39 is 0 Å². The Morgan fingerprint density at radius 3 is 2.69 bits per heavy atom. The van der Waals surface area contributed by atoms with Crippen molar-refractivity contribution in [2.45, 2.75) is 20.3 Å². The lowest BCUT2D eigenvalue weighted by Gasteiger charge is -2.05. The summed E-state index contributed by atoms with van der Waals surface area (Å²) in [4.78, 5) is 11.1. The number of rotatable bonds is 2. The number of amides is 1. The Morgan fingerprint density at radius 1 is 1.46 bits per heavy atom. The Labute approximate surface area is 86.5 Å². The molecule has 0 saturated heterocycles. The van der Waals surface area contributed by atoms with Crippen molar-refractivity contribution in [1.82, 2.24) is 0 Å². The molecule has 1 amide bonds. The van der Waals surface area contributed by atoms with Crippen molar-refractivity contribution in [3.63, 3.8) is 0 Å². The van der Waals surface area contributed by atoms with E-state index in [1.807, 2.05) is 32.0 Å².